The lowest BCUT2D eigenvalue weighted by Gasteiger charge is -2.26. The number of methoxy groups -OCH3 is 1. The van der Waals surface area contributed by atoms with Crippen molar-refractivity contribution in [1.82, 2.24) is 19.6 Å². The largest absolute Gasteiger partial charge is 0.468 e. The molecule has 1 atom stereocenters. The van der Waals surface area contributed by atoms with Crippen molar-refractivity contribution in [2.45, 2.75) is 19.0 Å². The van der Waals surface area contributed by atoms with Crippen LogP contribution in [0.25, 0.3) is 5.65 Å². The highest BCUT2D eigenvalue weighted by Gasteiger charge is 2.27. The van der Waals surface area contributed by atoms with Crippen LogP contribution in [0.15, 0.2) is 54.7 Å². The number of rotatable bonds is 7. The smallest absolute Gasteiger partial charge is 0.323 e. The number of fused-ring (bicyclic) bond motifs is 1. The zero-order chi connectivity index (χ0) is 21.6. The molecule has 1 aromatic carbocycles. The fraction of sp³-hybridized carbons (Fsp3) is 0.348. The summed E-state index contributed by atoms with van der Waals surface area (Å²) < 4.78 is 12.3. The number of esters is 1. The number of hydrogen-bond acceptors (Lipinski definition) is 6. The van der Waals surface area contributed by atoms with Gasteiger partial charge in [-0.05, 0) is 24.1 Å². The number of carbonyl (C=O) groups excluding carboxylic acids is 2. The van der Waals surface area contributed by atoms with Crippen LogP contribution >= 0.6 is 0 Å². The van der Waals surface area contributed by atoms with Crippen LogP contribution in [0.1, 0.15) is 21.7 Å². The van der Waals surface area contributed by atoms with Crippen LogP contribution in [0.4, 0.5) is 0 Å². The van der Waals surface area contributed by atoms with Crippen molar-refractivity contribution in [2.24, 2.45) is 0 Å². The van der Waals surface area contributed by atoms with Crippen LogP contribution < -0.4 is 5.32 Å². The minimum Gasteiger partial charge on any atom is -0.468 e. The Hall–Kier alpha value is -3.23. The third kappa shape index (κ3) is 4.76. The van der Waals surface area contributed by atoms with Gasteiger partial charge in [0.15, 0.2) is 5.69 Å². The van der Waals surface area contributed by atoms with E-state index in [9.17, 15) is 9.59 Å². The number of amides is 1. The summed E-state index contributed by atoms with van der Waals surface area (Å²) >= 11 is 0. The molecule has 3 aromatic rings. The molecule has 0 aliphatic carbocycles. The van der Waals surface area contributed by atoms with Crippen LogP contribution in [0.5, 0.6) is 0 Å². The standard InChI is InChI=1S/C23H26N4O4/c1-30-23(29)18(15-17-7-3-2-4-8-17)24-16-19-21(22(28)26-11-13-31-14-12-26)25-20-9-5-6-10-27(19)20/h2-10,18,24H,11-16H2,1H3/t18-/m0/s1. The van der Waals surface area contributed by atoms with E-state index in [2.05, 4.69) is 10.3 Å². The molecule has 1 N–H and O–H groups in total. The second-order valence-electron chi connectivity index (χ2n) is 7.39. The Balaban J connectivity index is 1.60. The van der Waals surface area contributed by atoms with E-state index in [1.54, 1.807) is 4.90 Å². The van der Waals surface area contributed by atoms with Crippen molar-refractivity contribution in [1.29, 1.82) is 0 Å². The van der Waals surface area contributed by atoms with Gasteiger partial charge in [-0.1, -0.05) is 36.4 Å². The molecule has 8 heteroatoms. The molecule has 3 heterocycles. The van der Waals surface area contributed by atoms with Crippen molar-refractivity contribution in [3.8, 4) is 0 Å². The van der Waals surface area contributed by atoms with E-state index < -0.39 is 6.04 Å². The minimum atomic E-state index is -0.548. The Morgan fingerprint density at radius 3 is 2.61 bits per heavy atom. The molecule has 2 aromatic heterocycles. The van der Waals surface area contributed by atoms with Gasteiger partial charge in [0, 0.05) is 25.8 Å². The van der Waals surface area contributed by atoms with E-state index in [1.165, 1.54) is 7.11 Å². The average molecular weight is 422 g/mol. The first-order valence-electron chi connectivity index (χ1n) is 10.4. The van der Waals surface area contributed by atoms with E-state index in [0.29, 0.717) is 56.3 Å². The Labute approximate surface area is 180 Å². The fourth-order valence-electron chi connectivity index (χ4n) is 3.75. The fourth-order valence-corrected chi connectivity index (χ4v) is 3.75. The van der Waals surface area contributed by atoms with Gasteiger partial charge in [-0.2, -0.15) is 0 Å². The number of imidazole rings is 1. The molecule has 1 aliphatic heterocycles. The molecule has 162 valence electrons. The topological polar surface area (TPSA) is 85.2 Å². The quantitative estimate of drug-likeness (QED) is 0.583. The maximum Gasteiger partial charge on any atom is 0.323 e. The van der Waals surface area contributed by atoms with Gasteiger partial charge in [0.2, 0.25) is 0 Å². The summed E-state index contributed by atoms with van der Waals surface area (Å²) in [5.41, 5.74) is 2.82. The van der Waals surface area contributed by atoms with Gasteiger partial charge in [0.05, 0.1) is 26.0 Å². The van der Waals surface area contributed by atoms with Crippen molar-refractivity contribution < 1.29 is 19.1 Å². The van der Waals surface area contributed by atoms with Crippen LogP contribution in [-0.4, -0.2) is 65.6 Å². The maximum absolute atomic E-state index is 13.2. The Morgan fingerprint density at radius 2 is 1.87 bits per heavy atom. The Morgan fingerprint density at radius 1 is 1.13 bits per heavy atom. The van der Waals surface area contributed by atoms with Crippen molar-refractivity contribution in [3.05, 3.63) is 71.7 Å². The maximum atomic E-state index is 13.2. The average Bonchev–Trinajstić information content (AvgIpc) is 3.20. The summed E-state index contributed by atoms with van der Waals surface area (Å²) in [5, 5.41) is 3.28. The third-order valence-corrected chi connectivity index (χ3v) is 5.41. The van der Waals surface area contributed by atoms with Gasteiger partial charge in [-0.15, -0.1) is 0 Å². The summed E-state index contributed by atoms with van der Waals surface area (Å²) in [6.07, 6.45) is 2.36. The summed E-state index contributed by atoms with van der Waals surface area (Å²) in [6, 6.07) is 14.8. The molecule has 0 unspecified atom stereocenters. The molecule has 1 aliphatic rings. The van der Waals surface area contributed by atoms with Gasteiger partial charge in [-0.25, -0.2) is 4.98 Å². The number of carbonyl (C=O) groups is 2. The van der Waals surface area contributed by atoms with Crippen LogP contribution in [0.3, 0.4) is 0 Å². The van der Waals surface area contributed by atoms with Gasteiger partial charge >= 0.3 is 5.97 Å². The number of morpholine rings is 1. The van der Waals surface area contributed by atoms with Crippen molar-refractivity contribution in [3.63, 3.8) is 0 Å². The number of hydrogen-bond donors (Lipinski definition) is 1. The Kier molecular flexibility index (Phi) is 6.59. The molecule has 1 fully saturated rings. The lowest BCUT2D eigenvalue weighted by Crippen LogP contribution is -2.42. The molecule has 0 saturated carbocycles. The second kappa shape index (κ2) is 9.72. The van der Waals surface area contributed by atoms with E-state index in [-0.39, 0.29) is 11.9 Å². The zero-order valence-corrected chi connectivity index (χ0v) is 17.5. The SMILES string of the molecule is COC(=O)[C@H](Cc1ccccc1)NCc1c(C(=O)N2CCOCC2)nc2ccccn12. The van der Waals surface area contributed by atoms with Gasteiger partial charge in [0.1, 0.15) is 11.7 Å². The number of benzene rings is 1. The first-order chi connectivity index (χ1) is 15.2. The lowest BCUT2D eigenvalue weighted by atomic mass is 10.1. The molecule has 8 nitrogen and oxygen atoms in total. The molecule has 0 bridgehead atoms. The Bertz CT molecular complexity index is 1040. The molecule has 0 radical (unpaired) electrons. The van der Waals surface area contributed by atoms with E-state index in [0.717, 1.165) is 5.56 Å². The molecular formula is C23H26N4O4. The zero-order valence-electron chi connectivity index (χ0n) is 17.5. The highest BCUT2D eigenvalue weighted by Crippen LogP contribution is 2.17. The summed E-state index contributed by atoms with van der Waals surface area (Å²) in [5.74, 6) is -0.472. The molecule has 4 rings (SSSR count). The van der Waals surface area contributed by atoms with Crippen molar-refractivity contribution in [2.75, 3.05) is 33.4 Å². The van der Waals surface area contributed by atoms with Crippen LogP contribution in [-0.2, 0) is 27.2 Å². The number of nitrogens with zero attached hydrogens (tertiary/aromatic N) is 3. The molecule has 0 spiro atoms. The lowest BCUT2D eigenvalue weighted by molar-refractivity contribution is -0.143. The van der Waals surface area contributed by atoms with E-state index in [4.69, 9.17) is 9.47 Å². The molecule has 31 heavy (non-hydrogen) atoms. The number of aromatic nitrogens is 2. The van der Waals surface area contributed by atoms with E-state index >= 15 is 0 Å². The summed E-state index contributed by atoms with van der Waals surface area (Å²) in [7, 11) is 1.38. The normalized spacial score (nSPS) is 15.1. The molecule has 1 amide bonds. The number of nitrogens with one attached hydrogen (secondary N) is 1. The minimum absolute atomic E-state index is 0.124. The third-order valence-electron chi connectivity index (χ3n) is 5.41. The first-order valence-corrected chi connectivity index (χ1v) is 10.4. The number of pyridine rings is 1. The van der Waals surface area contributed by atoms with Crippen LogP contribution in [0.2, 0.25) is 0 Å². The molecular weight excluding hydrogens is 396 g/mol. The highest BCUT2D eigenvalue weighted by atomic mass is 16.5. The van der Waals surface area contributed by atoms with Gasteiger partial charge in [0.25, 0.3) is 5.91 Å². The molecule has 1 saturated heterocycles. The number of ether oxygens (including phenoxy) is 2. The summed E-state index contributed by atoms with van der Waals surface area (Å²) in [6.45, 7) is 2.42. The summed E-state index contributed by atoms with van der Waals surface area (Å²) in [4.78, 5) is 32.0. The highest BCUT2D eigenvalue weighted by molar-refractivity contribution is 5.94. The van der Waals surface area contributed by atoms with Crippen LogP contribution in [0, 0.1) is 0 Å². The van der Waals surface area contributed by atoms with Gasteiger partial charge in [-0.3, -0.25) is 14.9 Å². The monoisotopic (exact) mass is 422 g/mol. The second-order valence-corrected chi connectivity index (χ2v) is 7.39. The predicted molar refractivity (Wildman–Crippen MR) is 115 cm³/mol. The first kappa shape index (κ1) is 21.0. The van der Waals surface area contributed by atoms with Crippen molar-refractivity contribution >= 4 is 17.5 Å². The van der Waals surface area contributed by atoms with Gasteiger partial charge < -0.3 is 18.8 Å². The predicted octanol–water partition coefficient (Wildman–Crippen LogP) is 1.68. The van der Waals surface area contributed by atoms with E-state index in [1.807, 2.05) is 59.1 Å².